The summed E-state index contributed by atoms with van der Waals surface area (Å²) in [6.45, 7) is 0.421. The minimum absolute atomic E-state index is 0.0624. The van der Waals surface area contributed by atoms with Crippen molar-refractivity contribution < 1.29 is 4.79 Å². The van der Waals surface area contributed by atoms with Gasteiger partial charge in [-0.3, -0.25) is 4.79 Å². The maximum Gasteiger partial charge on any atom is 0.233 e. The highest BCUT2D eigenvalue weighted by Crippen LogP contribution is 2.32. The third-order valence-electron chi connectivity index (χ3n) is 3.80. The van der Waals surface area contributed by atoms with Crippen LogP contribution in [0.3, 0.4) is 0 Å². The predicted octanol–water partition coefficient (Wildman–Crippen LogP) is 2.05. The van der Waals surface area contributed by atoms with Crippen molar-refractivity contribution >= 4 is 5.91 Å². The fourth-order valence-corrected chi connectivity index (χ4v) is 2.79. The Bertz CT molecular complexity index is 377. The summed E-state index contributed by atoms with van der Waals surface area (Å²) >= 11 is 0. The summed E-state index contributed by atoms with van der Waals surface area (Å²) in [5, 5.41) is 6.07. The Kier molecular flexibility index (Phi) is 4.76. The van der Waals surface area contributed by atoms with Gasteiger partial charge in [0.2, 0.25) is 5.91 Å². The second-order valence-electron chi connectivity index (χ2n) is 4.96. The molecule has 2 unspecified atom stereocenters. The fourth-order valence-electron chi connectivity index (χ4n) is 2.79. The molecule has 98 valence electrons. The summed E-state index contributed by atoms with van der Waals surface area (Å²) in [5.74, 6) is 0.608. The minimum atomic E-state index is 0.0624. The van der Waals surface area contributed by atoms with Crippen LogP contribution in [0.2, 0.25) is 0 Å². The second-order valence-corrected chi connectivity index (χ2v) is 4.96. The highest BCUT2D eigenvalue weighted by atomic mass is 16.1. The number of nitrogens with one attached hydrogen (secondary N) is 2. The van der Waals surface area contributed by atoms with Gasteiger partial charge in [0.15, 0.2) is 0 Å². The molecule has 0 radical (unpaired) electrons. The highest BCUT2D eigenvalue weighted by Gasteiger charge is 2.26. The molecule has 1 aliphatic carbocycles. The zero-order chi connectivity index (χ0) is 12.8. The molecular formula is C15H22N2O. The van der Waals surface area contributed by atoms with Gasteiger partial charge < -0.3 is 10.6 Å². The van der Waals surface area contributed by atoms with Crippen molar-refractivity contribution in [3.8, 4) is 0 Å². The van der Waals surface area contributed by atoms with Gasteiger partial charge in [-0.25, -0.2) is 0 Å². The first-order valence-corrected chi connectivity index (χ1v) is 6.80. The van der Waals surface area contributed by atoms with E-state index in [2.05, 4.69) is 41.0 Å². The summed E-state index contributed by atoms with van der Waals surface area (Å²) in [6.07, 6.45) is 4.93. The molecule has 18 heavy (non-hydrogen) atoms. The molecule has 0 aromatic heterocycles. The maximum absolute atomic E-state index is 11.3. The zero-order valence-corrected chi connectivity index (χ0v) is 11.0. The summed E-state index contributed by atoms with van der Waals surface area (Å²) < 4.78 is 0. The van der Waals surface area contributed by atoms with Gasteiger partial charge in [0.25, 0.3) is 0 Å². The first-order chi connectivity index (χ1) is 8.81. The van der Waals surface area contributed by atoms with E-state index in [1.807, 2.05) is 0 Å². The third-order valence-corrected chi connectivity index (χ3v) is 3.80. The summed E-state index contributed by atoms with van der Waals surface area (Å²) in [6, 6.07) is 11.1. The normalized spacial score (nSPS) is 23.6. The van der Waals surface area contributed by atoms with Gasteiger partial charge in [-0.2, -0.15) is 0 Å². The van der Waals surface area contributed by atoms with Gasteiger partial charge in [0.05, 0.1) is 6.54 Å². The van der Waals surface area contributed by atoms with E-state index in [0.29, 0.717) is 18.5 Å². The molecule has 2 atom stereocenters. The number of hydrogen-bond donors (Lipinski definition) is 2. The van der Waals surface area contributed by atoms with Crippen molar-refractivity contribution in [1.82, 2.24) is 10.6 Å². The first kappa shape index (κ1) is 13.1. The van der Waals surface area contributed by atoms with Crippen molar-refractivity contribution in [3.63, 3.8) is 0 Å². The molecule has 1 amide bonds. The lowest BCUT2D eigenvalue weighted by Gasteiger charge is -2.32. The molecule has 0 bridgehead atoms. The smallest absolute Gasteiger partial charge is 0.233 e. The van der Waals surface area contributed by atoms with Crippen molar-refractivity contribution in [2.45, 2.75) is 37.6 Å². The molecule has 1 aromatic rings. The van der Waals surface area contributed by atoms with Crippen molar-refractivity contribution in [3.05, 3.63) is 35.9 Å². The molecule has 0 spiro atoms. The number of likely N-dealkylation sites (N-methyl/N-ethyl adjacent to an activating group) is 1. The lowest BCUT2D eigenvalue weighted by molar-refractivity contribution is -0.119. The number of hydrogen-bond acceptors (Lipinski definition) is 2. The molecule has 2 N–H and O–H groups in total. The Morgan fingerprint density at radius 2 is 1.94 bits per heavy atom. The largest absolute Gasteiger partial charge is 0.358 e. The lowest BCUT2D eigenvalue weighted by atomic mass is 9.80. The number of rotatable bonds is 4. The molecule has 1 saturated carbocycles. The van der Waals surface area contributed by atoms with Crippen LogP contribution in [0.5, 0.6) is 0 Å². The summed E-state index contributed by atoms with van der Waals surface area (Å²) in [4.78, 5) is 11.3. The minimum Gasteiger partial charge on any atom is -0.358 e. The van der Waals surface area contributed by atoms with E-state index >= 15 is 0 Å². The molecule has 1 aliphatic rings. The van der Waals surface area contributed by atoms with E-state index in [1.54, 1.807) is 7.05 Å². The van der Waals surface area contributed by atoms with Gasteiger partial charge in [-0.1, -0.05) is 43.2 Å². The van der Waals surface area contributed by atoms with Crippen LogP contribution in [0.1, 0.15) is 37.2 Å². The fraction of sp³-hybridized carbons (Fsp3) is 0.533. The lowest BCUT2D eigenvalue weighted by Crippen LogP contribution is -2.42. The number of carbonyl (C=O) groups is 1. The summed E-state index contributed by atoms with van der Waals surface area (Å²) in [5.41, 5.74) is 1.40. The molecule has 3 nitrogen and oxygen atoms in total. The van der Waals surface area contributed by atoms with E-state index in [4.69, 9.17) is 0 Å². The van der Waals surface area contributed by atoms with Gasteiger partial charge >= 0.3 is 0 Å². The van der Waals surface area contributed by atoms with Crippen LogP contribution in [-0.2, 0) is 4.79 Å². The first-order valence-electron chi connectivity index (χ1n) is 6.80. The van der Waals surface area contributed by atoms with Gasteiger partial charge in [0, 0.05) is 13.1 Å². The Balaban J connectivity index is 2.00. The molecule has 3 heteroatoms. The van der Waals surface area contributed by atoms with E-state index in [0.717, 1.165) is 6.42 Å². The van der Waals surface area contributed by atoms with Crippen LogP contribution < -0.4 is 10.6 Å². The highest BCUT2D eigenvalue weighted by molar-refractivity contribution is 5.77. The third kappa shape index (κ3) is 3.33. The molecule has 1 fully saturated rings. The number of amides is 1. The van der Waals surface area contributed by atoms with Crippen LogP contribution >= 0.6 is 0 Å². The quantitative estimate of drug-likeness (QED) is 0.853. The average Bonchev–Trinajstić information content (AvgIpc) is 2.46. The zero-order valence-electron chi connectivity index (χ0n) is 11.0. The van der Waals surface area contributed by atoms with E-state index < -0.39 is 0 Å². The SMILES string of the molecule is CNC(=O)CNC1CCCCC1c1ccccc1. The molecule has 0 saturated heterocycles. The molecule has 0 heterocycles. The molecule has 0 aliphatic heterocycles. The molecular weight excluding hydrogens is 224 g/mol. The predicted molar refractivity (Wildman–Crippen MR) is 73.5 cm³/mol. The van der Waals surface area contributed by atoms with Gasteiger partial charge in [-0.15, -0.1) is 0 Å². The monoisotopic (exact) mass is 246 g/mol. The standard InChI is InChI=1S/C15H22N2O/c1-16-15(18)11-17-14-10-6-5-9-13(14)12-7-3-2-4-8-12/h2-4,7-8,13-14,17H,5-6,9-11H2,1H3,(H,16,18). The average molecular weight is 246 g/mol. The van der Waals surface area contributed by atoms with Crippen LogP contribution in [-0.4, -0.2) is 25.5 Å². The van der Waals surface area contributed by atoms with Crippen molar-refractivity contribution in [1.29, 1.82) is 0 Å². The maximum atomic E-state index is 11.3. The Labute approximate surface area is 109 Å². The number of carbonyl (C=O) groups excluding carboxylic acids is 1. The van der Waals surface area contributed by atoms with Crippen molar-refractivity contribution in [2.24, 2.45) is 0 Å². The van der Waals surface area contributed by atoms with Gasteiger partial charge in [-0.05, 0) is 24.3 Å². The van der Waals surface area contributed by atoms with Crippen LogP contribution in [0.25, 0.3) is 0 Å². The van der Waals surface area contributed by atoms with E-state index in [-0.39, 0.29) is 5.91 Å². The Morgan fingerprint density at radius 3 is 2.67 bits per heavy atom. The number of benzene rings is 1. The molecule has 1 aromatic carbocycles. The Morgan fingerprint density at radius 1 is 1.22 bits per heavy atom. The Hall–Kier alpha value is -1.35. The van der Waals surface area contributed by atoms with Crippen LogP contribution in [0.15, 0.2) is 30.3 Å². The van der Waals surface area contributed by atoms with Crippen LogP contribution in [0.4, 0.5) is 0 Å². The van der Waals surface area contributed by atoms with E-state index in [9.17, 15) is 4.79 Å². The summed E-state index contributed by atoms with van der Waals surface area (Å²) in [7, 11) is 1.68. The second kappa shape index (κ2) is 6.55. The molecule has 2 rings (SSSR count). The topological polar surface area (TPSA) is 41.1 Å². The van der Waals surface area contributed by atoms with Crippen LogP contribution in [0, 0.1) is 0 Å². The van der Waals surface area contributed by atoms with Gasteiger partial charge in [0.1, 0.15) is 0 Å². The van der Waals surface area contributed by atoms with E-state index in [1.165, 1.54) is 24.8 Å². The van der Waals surface area contributed by atoms with Crippen molar-refractivity contribution in [2.75, 3.05) is 13.6 Å².